The summed E-state index contributed by atoms with van der Waals surface area (Å²) in [6.07, 6.45) is 4.91. The van der Waals surface area contributed by atoms with E-state index in [9.17, 15) is 9.90 Å². The monoisotopic (exact) mass is 345 g/mol. The topological polar surface area (TPSA) is 64.6 Å². The van der Waals surface area contributed by atoms with Crippen molar-refractivity contribution in [3.05, 3.63) is 29.8 Å². The van der Waals surface area contributed by atoms with Gasteiger partial charge in [0, 0.05) is 25.3 Å². The minimum Gasteiger partial charge on any atom is -0.396 e. The van der Waals surface area contributed by atoms with Gasteiger partial charge in [0.25, 0.3) is 0 Å². The number of carbonyl (C=O) groups is 1. The molecule has 0 spiro atoms. The van der Waals surface area contributed by atoms with Gasteiger partial charge in [-0.3, -0.25) is 9.69 Å². The minimum absolute atomic E-state index is 0.118. The third-order valence-electron chi connectivity index (χ3n) is 5.52. The maximum atomic E-state index is 12.2. The van der Waals surface area contributed by atoms with Crippen molar-refractivity contribution in [2.45, 2.75) is 38.6 Å². The molecule has 2 aliphatic heterocycles. The van der Waals surface area contributed by atoms with Crippen LogP contribution in [0.15, 0.2) is 24.3 Å². The fourth-order valence-electron chi connectivity index (χ4n) is 3.85. The number of carbonyl (C=O) groups excluding carboxylic acids is 1. The summed E-state index contributed by atoms with van der Waals surface area (Å²) >= 11 is 0. The maximum Gasteiger partial charge on any atom is 0.224 e. The highest BCUT2D eigenvalue weighted by molar-refractivity contribution is 5.90. The summed E-state index contributed by atoms with van der Waals surface area (Å²) in [5.74, 6) is 1.24. The molecule has 0 aromatic heterocycles. The Morgan fingerprint density at radius 3 is 2.80 bits per heavy atom. The lowest BCUT2D eigenvalue weighted by molar-refractivity contribution is -0.116. The van der Waals surface area contributed by atoms with E-state index in [-0.39, 0.29) is 5.91 Å². The summed E-state index contributed by atoms with van der Waals surface area (Å²) in [6.45, 7) is 5.44. The number of piperidine rings is 1. The average molecular weight is 345 g/mol. The molecule has 5 heteroatoms. The number of aliphatic hydroxyl groups is 1. The number of rotatable bonds is 7. The van der Waals surface area contributed by atoms with Gasteiger partial charge in [0.1, 0.15) is 0 Å². The van der Waals surface area contributed by atoms with Crippen LogP contribution in [0.2, 0.25) is 0 Å². The predicted molar refractivity (Wildman–Crippen MR) is 100 cm³/mol. The fourth-order valence-corrected chi connectivity index (χ4v) is 3.85. The first-order chi connectivity index (χ1) is 12.2. The SMILES string of the molecule is O=C(CCC1CCNC1)Nc1cccc(CN2CCC(CO)CC2)c1. The van der Waals surface area contributed by atoms with Crippen LogP contribution in [-0.4, -0.2) is 48.7 Å². The summed E-state index contributed by atoms with van der Waals surface area (Å²) < 4.78 is 0. The van der Waals surface area contributed by atoms with Crippen LogP contribution in [0.3, 0.4) is 0 Å². The first kappa shape index (κ1) is 18.4. The molecule has 1 unspecified atom stereocenters. The van der Waals surface area contributed by atoms with Crippen molar-refractivity contribution in [2.24, 2.45) is 11.8 Å². The predicted octanol–water partition coefficient (Wildman–Crippen LogP) is 2.22. The van der Waals surface area contributed by atoms with Crippen molar-refractivity contribution in [2.75, 3.05) is 38.1 Å². The van der Waals surface area contributed by atoms with Gasteiger partial charge >= 0.3 is 0 Å². The molecule has 0 saturated carbocycles. The molecule has 2 saturated heterocycles. The Morgan fingerprint density at radius 2 is 2.08 bits per heavy atom. The van der Waals surface area contributed by atoms with Crippen molar-refractivity contribution in [3.8, 4) is 0 Å². The van der Waals surface area contributed by atoms with Gasteiger partial charge in [-0.15, -0.1) is 0 Å². The number of aliphatic hydroxyl groups excluding tert-OH is 1. The lowest BCUT2D eigenvalue weighted by atomic mass is 9.97. The van der Waals surface area contributed by atoms with Gasteiger partial charge in [-0.25, -0.2) is 0 Å². The lowest BCUT2D eigenvalue weighted by Gasteiger charge is -2.31. The number of nitrogens with one attached hydrogen (secondary N) is 2. The highest BCUT2D eigenvalue weighted by Crippen LogP contribution is 2.20. The quantitative estimate of drug-likeness (QED) is 0.709. The molecule has 0 bridgehead atoms. The Bertz CT molecular complexity index is 550. The molecule has 138 valence electrons. The number of amides is 1. The Morgan fingerprint density at radius 1 is 1.24 bits per heavy atom. The number of hydrogen-bond donors (Lipinski definition) is 3. The van der Waals surface area contributed by atoms with Crippen molar-refractivity contribution in [3.63, 3.8) is 0 Å². The van der Waals surface area contributed by atoms with Gasteiger partial charge in [0.15, 0.2) is 0 Å². The Hall–Kier alpha value is -1.43. The molecule has 1 aromatic carbocycles. The normalized spacial score (nSPS) is 22.2. The molecular weight excluding hydrogens is 314 g/mol. The molecule has 3 N–H and O–H groups in total. The van der Waals surface area contributed by atoms with E-state index in [0.717, 1.165) is 57.7 Å². The molecular formula is C20H31N3O2. The zero-order chi connectivity index (χ0) is 17.5. The fraction of sp³-hybridized carbons (Fsp3) is 0.650. The third kappa shape index (κ3) is 5.80. The molecule has 2 aliphatic rings. The molecule has 2 fully saturated rings. The average Bonchev–Trinajstić information content (AvgIpc) is 3.15. The number of nitrogens with zero attached hydrogens (tertiary/aromatic N) is 1. The van der Waals surface area contributed by atoms with Crippen molar-refractivity contribution in [1.29, 1.82) is 0 Å². The lowest BCUT2D eigenvalue weighted by Crippen LogP contribution is -2.34. The van der Waals surface area contributed by atoms with Crippen molar-refractivity contribution in [1.82, 2.24) is 10.2 Å². The Kier molecular flexibility index (Phi) is 6.84. The summed E-state index contributed by atoms with van der Waals surface area (Å²) in [7, 11) is 0. The zero-order valence-electron chi connectivity index (χ0n) is 15.0. The van der Waals surface area contributed by atoms with Gasteiger partial charge in [-0.05, 0) is 81.4 Å². The maximum absolute atomic E-state index is 12.2. The number of likely N-dealkylation sites (tertiary alicyclic amines) is 1. The van der Waals surface area contributed by atoms with Gasteiger partial charge < -0.3 is 15.7 Å². The number of benzene rings is 1. The Balaban J connectivity index is 1.45. The van der Waals surface area contributed by atoms with Crippen LogP contribution < -0.4 is 10.6 Å². The van der Waals surface area contributed by atoms with E-state index >= 15 is 0 Å². The number of anilines is 1. The molecule has 0 aliphatic carbocycles. The Labute approximate surface area is 150 Å². The van der Waals surface area contributed by atoms with Gasteiger partial charge in [-0.2, -0.15) is 0 Å². The van der Waals surface area contributed by atoms with E-state index in [2.05, 4.69) is 27.7 Å². The van der Waals surface area contributed by atoms with E-state index in [0.29, 0.717) is 24.9 Å². The largest absolute Gasteiger partial charge is 0.396 e. The summed E-state index contributed by atoms with van der Waals surface area (Å²) in [4.78, 5) is 14.6. The van der Waals surface area contributed by atoms with Crippen LogP contribution >= 0.6 is 0 Å². The van der Waals surface area contributed by atoms with Crippen LogP contribution in [-0.2, 0) is 11.3 Å². The van der Waals surface area contributed by atoms with Crippen LogP contribution in [0.1, 0.15) is 37.7 Å². The second-order valence-electron chi connectivity index (χ2n) is 7.55. The summed E-state index contributed by atoms with van der Waals surface area (Å²) in [6, 6.07) is 8.20. The second-order valence-corrected chi connectivity index (χ2v) is 7.55. The minimum atomic E-state index is 0.118. The molecule has 5 nitrogen and oxygen atoms in total. The first-order valence-electron chi connectivity index (χ1n) is 9.65. The van der Waals surface area contributed by atoms with E-state index in [4.69, 9.17) is 0 Å². The van der Waals surface area contributed by atoms with Gasteiger partial charge in [-0.1, -0.05) is 12.1 Å². The summed E-state index contributed by atoms with van der Waals surface area (Å²) in [5, 5.41) is 15.6. The van der Waals surface area contributed by atoms with E-state index in [1.807, 2.05) is 12.1 Å². The molecule has 2 heterocycles. The second kappa shape index (κ2) is 9.32. The van der Waals surface area contributed by atoms with Crippen molar-refractivity contribution < 1.29 is 9.90 Å². The molecule has 0 radical (unpaired) electrons. The molecule has 3 rings (SSSR count). The molecule has 25 heavy (non-hydrogen) atoms. The standard InChI is InChI=1S/C20H31N3O2/c24-15-17-7-10-23(11-8-17)14-18-2-1-3-19(12-18)22-20(25)5-4-16-6-9-21-13-16/h1-3,12,16-17,21,24H,4-11,13-15H2,(H,22,25). The molecule has 1 amide bonds. The van der Waals surface area contributed by atoms with Crippen LogP contribution in [0, 0.1) is 11.8 Å². The van der Waals surface area contributed by atoms with E-state index < -0.39 is 0 Å². The van der Waals surface area contributed by atoms with Crippen LogP contribution in [0.5, 0.6) is 0 Å². The highest BCUT2D eigenvalue weighted by atomic mass is 16.3. The smallest absolute Gasteiger partial charge is 0.224 e. The van der Waals surface area contributed by atoms with Gasteiger partial charge in [0.05, 0.1) is 0 Å². The van der Waals surface area contributed by atoms with Crippen molar-refractivity contribution >= 4 is 11.6 Å². The third-order valence-corrected chi connectivity index (χ3v) is 5.52. The van der Waals surface area contributed by atoms with Gasteiger partial charge in [0.2, 0.25) is 5.91 Å². The number of hydrogen-bond acceptors (Lipinski definition) is 4. The zero-order valence-corrected chi connectivity index (χ0v) is 15.0. The van der Waals surface area contributed by atoms with E-state index in [1.165, 1.54) is 12.0 Å². The van der Waals surface area contributed by atoms with E-state index in [1.54, 1.807) is 0 Å². The first-order valence-corrected chi connectivity index (χ1v) is 9.65. The molecule has 1 atom stereocenters. The summed E-state index contributed by atoms with van der Waals surface area (Å²) in [5.41, 5.74) is 2.14. The van der Waals surface area contributed by atoms with Crippen LogP contribution in [0.4, 0.5) is 5.69 Å². The van der Waals surface area contributed by atoms with Crippen LogP contribution in [0.25, 0.3) is 0 Å². The highest BCUT2D eigenvalue weighted by Gasteiger charge is 2.19. The molecule has 1 aromatic rings.